The molecule has 0 spiro atoms. The standard InChI is InChI=1S/C14H20BrN3/c1-14(11-16,17-8-9-18(2)3)10-12-4-6-13(15)7-5-12/h4-7,17H,8-10H2,1-3H3. The third-order valence-corrected chi connectivity index (χ3v) is 3.32. The van der Waals surface area contributed by atoms with E-state index >= 15 is 0 Å². The lowest BCUT2D eigenvalue weighted by Crippen LogP contribution is -2.45. The summed E-state index contributed by atoms with van der Waals surface area (Å²) in [6, 6.07) is 10.5. The van der Waals surface area contributed by atoms with Crippen LogP contribution in [0.1, 0.15) is 12.5 Å². The van der Waals surface area contributed by atoms with Crippen LogP contribution in [0.3, 0.4) is 0 Å². The molecule has 1 N–H and O–H groups in total. The predicted octanol–water partition coefficient (Wildman–Crippen LogP) is 2.43. The van der Waals surface area contributed by atoms with Crippen molar-refractivity contribution in [2.75, 3.05) is 27.2 Å². The van der Waals surface area contributed by atoms with E-state index < -0.39 is 5.54 Å². The van der Waals surface area contributed by atoms with Crippen LogP contribution in [0, 0.1) is 11.3 Å². The predicted molar refractivity (Wildman–Crippen MR) is 78.4 cm³/mol. The highest BCUT2D eigenvalue weighted by Gasteiger charge is 2.23. The average molecular weight is 310 g/mol. The summed E-state index contributed by atoms with van der Waals surface area (Å²) in [7, 11) is 4.06. The van der Waals surface area contributed by atoms with Crippen LogP contribution in [-0.4, -0.2) is 37.6 Å². The van der Waals surface area contributed by atoms with E-state index in [0.717, 1.165) is 17.6 Å². The molecule has 4 heteroatoms. The molecule has 1 rings (SSSR count). The molecule has 1 aromatic carbocycles. The Morgan fingerprint density at radius 1 is 1.33 bits per heavy atom. The third kappa shape index (κ3) is 5.18. The lowest BCUT2D eigenvalue weighted by Gasteiger charge is -2.24. The Balaban J connectivity index is 2.59. The van der Waals surface area contributed by atoms with Crippen molar-refractivity contribution in [3.05, 3.63) is 34.3 Å². The molecule has 0 amide bonds. The van der Waals surface area contributed by atoms with Crippen LogP contribution in [0.2, 0.25) is 0 Å². The number of hydrogen-bond acceptors (Lipinski definition) is 3. The molecule has 1 atom stereocenters. The first-order valence-corrected chi connectivity index (χ1v) is 6.80. The van der Waals surface area contributed by atoms with Gasteiger partial charge in [0.1, 0.15) is 5.54 Å². The van der Waals surface area contributed by atoms with Gasteiger partial charge in [-0.1, -0.05) is 28.1 Å². The van der Waals surface area contributed by atoms with Gasteiger partial charge in [-0.05, 0) is 38.7 Å². The van der Waals surface area contributed by atoms with E-state index in [1.807, 2.05) is 45.3 Å². The number of nitrogens with one attached hydrogen (secondary N) is 1. The molecule has 3 nitrogen and oxygen atoms in total. The maximum atomic E-state index is 9.33. The smallest absolute Gasteiger partial charge is 0.108 e. The van der Waals surface area contributed by atoms with Gasteiger partial charge in [0.15, 0.2) is 0 Å². The quantitative estimate of drug-likeness (QED) is 0.877. The summed E-state index contributed by atoms with van der Waals surface area (Å²) in [4.78, 5) is 2.10. The molecule has 1 aromatic rings. The minimum absolute atomic E-state index is 0.510. The molecule has 0 saturated heterocycles. The Labute approximate surface area is 118 Å². The first-order chi connectivity index (χ1) is 8.45. The van der Waals surface area contributed by atoms with Gasteiger partial charge in [-0.3, -0.25) is 5.32 Å². The third-order valence-electron chi connectivity index (χ3n) is 2.79. The van der Waals surface area contributed by atoms with Crippen LogP contribution in [0.5, 0.6) is 0 Å². The Kier molecular flexibility index (Phi) is 5.80. The number of nitriles is 1. The van der Waals surface area contributed by atoms with Gasteiger partial charge in [0.25, 0.3) is 0 Å². The largest absolute Gasteiger partial charge is 0.308 e. The topological polar surface area (TPSA) is 39.1 Å². The number of likely N-dealkylation sites (N-methyl/N-ethyl adjacent to an activating group) is 1. The summed E-state index contributed by atoms with van der Waals surface area (Å²) < 4.78 is 1.06. The Bertz CT molecular complexity index is 408. The van der Waals surface area contributed by atoms with Crippen molar-refractivity contribution in [1.82, 2.24) is 10.2 Å². The van der Waals surface area contributed by atoms with Gasteiger partial charge >= 0.3 is 0 Å². The fraction of sp³-hybridized carbons (Fsp3) is 0.500. The Hall–Kier alpha value is -0.890. The molecule has 0 radical (unpaired) electrons. The van der Waals surface area contributed by atoms with E-state index in [2.05, 4.69) is 32.2 Å². The molecule has 0 fully saturated rings. The molecule has 18 heavy (non-hydrogen) atoms. The zero-order chi connectivity index (χ0) is 13.6. The van der Waals surface area contributed by atoms with Gasteiger partial charge in [0.2, 0.25) is 0 Å². The van der Waals surface area contributed by atoms with E-state index in [1.165, 1.54) is 5.56 Å². The molecule has 0 aliphatic heterocycles. The van der Waals surface area contributed by atoms with Gasteiger partial charge in [-0.15, -0.1) is 0 Å². The maximum absolute atomic E-state index is 9.33. The van der Waals surface area contributed by atoms with Crippen molar-refractivity contribution in [1.29, 1.82) is 5.26 Å². The van der Waals surface area contributed by atoms with Crippen LogP contribution in [0.4, 0.5) is 0 Å². The molecule has 1 unspecified atom stereocenters. The molecule has 0 aliphatic rings. The molecule has 0 aliphatic carbocycles. The van der Waals surface area contributed by atoms with Crippen molar-refractivity contribution < 1.29 is 0 Å². The van der Waals surface area contributed by atoms with Crippen LogP contribution in [-0.2, 0) is 6.42 Å². The van der Waals surface area contributed by atoms with Gasteiger partial charge < -0.3 is 4.90 Å². The van der Waals surface area contributed by atoms with Crippen molar-refractivity contribution in [3.63, 3.8) is 0 Å². The van der Waals surface area contributed by atoms with Crippen LogP contribution in [0.15, 0.2) is 28.7 Å². The zero-order valence-corrected chi connectivity index (χ0v) is 12.8. The van der Waals surface area contributed by atoms with E-state index in [0.29, 0.717) is 6.42 Å². The summed E-state index contributed by atoms with van der Waals surface area (Å²) in [5.74, 6) is 0. The lowest BCUT2D eigenvalue weighted by atomic mass is 9.94. The second-order valence-corrected chi connectivity index (χ2v) is 5.89. The zero-order valence-electron chi connectivity index (χ0n) is 11.2. The lowest BCUT2D eigenvalue weighted by molar-refractivity contribution is 0.362. The summed E-state index contributed by atoms with van der Waals surface area (Å²) in [6.07, 6.45) is 0.713. The van der Waals surface area contributed by atoms with E-state index in [9.17, 15) is 5.26 Å². The highest BCUT2D eigenvalue weighted by atomic mass is 79.9. The van der Waals surface area contributed by atoms with Crippen molar-refractivity contribution in [2.24, 2.45) is 0 Å². The first-order valence-electron chi connectivity index (χ1n) is 6.01. The Morgan fingerprint density at radius 2 is 1.94 bits per heavy atom. The number of hydrogen-bond donors (Lipinski definition) is 1. The molecule has 98 valence electrons. The molecule has 0 bridgehead atoms. The summed E-state index contributed by atoms with van der Waals surface area (Å²) in [6.45, 7) is 3.69. The van der Waals surface area contributed by atoms with Crippen LogP contribution < -0.4 is 5.32 Å². The number of halogens is 1. The van der Waals surface area contributed by atoms with E-state index in [4.69, 9.17) is 0 Å². The van der Waals surface area contributed by atoms with Gasteiger partial charge in [0, 0.05) is 24.0 Å². The highest BCUT2D eigenvalue weighted by Crippen LogP contribution is 2.16. The summed E-state index contributed by atoms with van der Waals surface area (Å²) >= 11 is 3.41. The van der Waals surface area contributed by atoms with Gasteiger partial charge in [-0.2, -0.15) is 5.26 Å². The minimum atomic E-state index is -0.510. The monoisotopic (exact) mass is 309 g/mol. The van der Waals surface area contributed by atoms with Gasteiger partial charge in [0.05, 0.1) is 6.07 Å². The average Bonchev–Trinajstić information content (AvgIpc) is 2.32. The molecule has 0 heterocycles. The number of benzene rings is 1. The van der Waals surface area contributed by atoms with Crippen LogP contribution >= 0.6 is 15.9 Å². The number of nitrogens with zero attached hydrogens (tertiary/aromatic N) is 2. The normalized spacial score (nSPS) is 14.2. The SMILES string of the molecule is CN(C)CCNC(C)(C#N)Cc1ccc(Br)cc1. The van der Waals surface area contributed by atoms with Crippen molar-refractivity contribution >= 4 is 15.9 Å². The second kappa shape index (κ2) is 6.89. The van der Waals surface area contributed by atoms with Crippen LogP contribution in [0.25, 0.3) is 0 Å². The highest BCUT2D eigenvalue weighted by molar-refractivity contribution is 9.10. The van der Waals surface area contributed by atoms with E-state index in [-0.39, 0.29) is 0 Å². The summed E-state index contributed by atoms with van der Waals surface area (Å²) in [5.41, 5.74) is 0.656. The first kappa shape index (κ1) is 15.2. The fourth-order valence-corrected chi connectivity index (χ4v) is 1.97. The molecular formula is C14H20BrN3. The fourth-order valence-electron chi connectivity index (χ4n) is 1.71. The van der Waals surface area contributed by atoms with Crippen molar-refractivity contribution in [2.45, 2.75) is 18.9 Å². The number of rotatable bonds is 6. The molecule has 0 saturated carbocycles. The second-order valence-electron chi connectivity index (χ2n) is 4.98. The van der Waals surface area contributed by atoms with Gasteiger partial charge in [-0.25, -0.2) is 0 Å². The summed E-state index contributed by atoms with van der Waals surface area (Å²) in [5, 5.41) is 12.7. The molecular weight excluding hydrogens is 290 g/mol. The maximum Gasteiger partial charge on any atom is 0.108 e. The van der Waals surface area contributed by atoms with Crippen molar-refractivity contribution in [3.8, 4) is 6.07 Å². The minimum Gasteiger partial charge on any atom is -0.308 e. The Morgan fingerprint density at radius 3 is 2.44 bits per heavy atom. The van der Waals surface area contributed by atoms with E-state index in [1.54, 1.807) is 0 Å². The molecule has 0 aromatic heterocycles.